The fraction of sp³-hybridized carbons (Fsp3) is 0.489. The van der Waals surface area contributed by atoms with Crippen LogP contribution in [0.15, 0.2) is 67.1 Å². The zero-order valence-corrected chi connectivity index (χ0v) is 38.7. The molecular formula is C47H62N8O6Si. The van der Waals surface area contributed by atoms with Crippen LogP contribution >= 0.6 is 0 Å². The molecule has 3 amide bonds. The van der Waals surface area contributed by atoms with Gasteiger partial charge in [0.15, 0.2) is 0 Å². The van der Waals surface area contributed by atoms with Crippen molar-refractivity contribution in [3.05, 3.63) is 78.8 Å². The molecule has 2 aromatic carbocycles. The van der Waals surface area contributed by atoms with Gasteiger partial charge in [0, 0.05) is 50.5 Å². The van der Waals surface area contributed by atoms with Crippen LogP contribution in [-0.2, 0) is 25.7 Å². The second-order valence-electron chi connectivity index (χ2n) is 19.0. The van der Waals surface area contributed by atoms with Gasteiger partial charge >= 0.3 is 12.2 Å². The number of pyridine rings is 1. The predicted molar refractivity (Wildman–Crippen MR) is 243 cm³/mol. The molecule has 2 aliphatic rings. The van der Waals surface area contributed by atoms with Crippen molar-refractivity contribution in [2.75, 3.05) is 26.8 Å². The molecule has 15 heteroatoms. The Morgan fingerprint density at radius 2 is 1.55 bits per heavy atom. The van der Waals surface area contributed by atoms with E-state index in [1.165, 1.54) is 7.11 Å². The summed E-state index contributed by atoms with van der Waals surface area (Å²) in [6, 6.07) is 16.7. The molecule has 0 bridgehead atoms. The minimum atomic E-state index is -1.30. The van der Waals surface area contributed by atoms with Gasteiger partial charge < -0.3 is 34.0 Å². The second kappa shape index (κ2) is 18.4. The fourth-order valence-electron chi connectivity index (χ4n) is 8.26. The number of carbonyl (C=O) groups is 3. The molecule has 3 aromatic heterocycles. The van der Waals surface area contributed by atoms with Crippen LogP contribution < -0.4 is 5.32 Å². The third kappa shape index (κ3) is 10.2. The van der Waals surface area contributed by atoms with Crippen molar-refractivity contribution in [2.24, 2.45) is 5.92 Å². The highest BCUT2D eigenvalue weighted by Crippen LogP contribution is 2.37. The van der Waals surface area contributed by atoms with Crippen LogP contribution in [0.25, 0.3) is 44.5 Å². The SMILES string of the molecule is COC(=O)NC(C(=O)N1CCCC1c1ncc(-c2ccc(-c3cnc4cc(-c5cnc(C6CCCN6C(=O)OC(C)(C)C)n5COCC[Si](C)(C)C)ccc4c3)cc2)[nH]1)C(C)C. The Kier molecular flexibility index (Phi) is 13.2. The van der Waals surface area contributed by atoms with Gasteiger partial charge in [0.1, 0.15) is 30.0 Å². The number of rotatable bonds is 13. The molecule has 2 aliphatic heterocycles. The number of nitrogens with one attached hydrogen (secondary N) is 2. The molecule has 5 heterocycles. The molecule has 62 heavy (non-hydrogen) atoms. The number of H-pyrrole nitrogens is 1. The maximum atomic E-state index is 13.6. The lowest BCUT2D eigenvalue weighted by molar-refractivity contribution is -0.135. The van der Waals surface area contributed by atoms with Gasteiger partial charge in [-0.25, -0.2) is 19.6 Å². The van der Waals surface area contributed by atoms with E-state index in [-0.39, 0.29) is 30.0 Å². The number of imidazole rings is 2. The van der Waals surface area contributed by atoms with Crippen LogP contribution in [0.1, 0.15) is 84.0 Å². The van der Waals surface area contributed by atoms with Crippen molar-refractivity contribution < 1.29 is 28.6 Å². The quantitative estimate of drug-likeness (QED) is 0.0869. The van der Waals surface area contributed by atoms with Gasteiger partial charge in [-0.15, -0.1) is 0 Å². The Balaban J connectivity index is 1.08. The molecule has 7 rings (SSSR count). The van der Waals surface area contributed by atoms with E-state index in [0.717, 1.165) is 87.9 Å². The largest absolute Gasteiger partial charge is 0.453 e. The fourth-order valence-corrected chi connectivity index (χ4v) is 9.01. The summed E-state index contributed by atoms with van der Waals surface area (Å²) in [4.78, 5) is 60.6. The number of nitrogens with zero attached hydrogens (tertiary/aromatic N) is 6. The van der Waals surface area contributed by atoms with Gasteiger partial charge in [-0.3, -0.25) is 14.7 Å². The molecule has 14 nitrogen and oxygen atoms in total. The van der Waals surface area contributed by atoms with E-state index in [9.17, 15) is 14.4 Å². The number of aromatic amines is 1. The molecule has 0 spiro atoms. The summed E-state index contributed by atoms with van der Waals surface area (Å²) in [5.74, 6) is 1.28. The number of methoxy groups -OCH3 is 1. The van der Waals surface area contributed by atoms with E-state index in [2.05, 4.69) is 83.0 Å². The summed E-state index contributed by atoms with van der Waals surface area (Å²) in [6.07, 6.45) is 7.97. The zero-order chi connectivity index (χ0) is 44.3. The Hall–Kier alpha value is -5.54. The minimum Gasteiger partial charge on any atom is -0.453 e. The maximum absolute atomic E-state index is 13.6. The van der Waals surface area contributed by atoms with Crippen molar-refractivity contribution in [3.8, 4) is 33.6 Å². The number of amides is 3. The van der Waals surface area contributed by atoms with Crippen LogP contribution in [0.2, 0.25) is 25.7 Å². The van der Waals surface area contributed by atoms with Crippen molar-refractivity contribution >= 4 is 37.1 Å². The Morgan fingerprint density at radius 1 is 0.855 bits per heavy atom. The third-order valence-corrected chi connectivity index (χ3v) is 13.3. The lowest BCUT2D eigenvalue weighted by Crippen LogP contribution is -2.51. The molecule has 2 fully saturated rings. The number of aromatic nitrogens is 5. The first-order valence-corrected chi connectivity index (χ1v) is 25.5. The molecule has 330 valence electrons. The van der Waals surface area contributed by atoms with Crippen molar-refractivity contribution in [2.45, 2.75) is 116 Å². The molecule has 3 atom stereocenters. The molecule has 0 aliphatic carbocycles. The maximum Gasteiger partial charge on any atom is 0.410 e. The van der Waals surface area contributed by atoms with Crippen LogP contribution in [0, 0.1) is 5.92 Å². The molecule has 0 radical (unpaired) electrons. The van der Waals surface area contributed by atoms with Crippen LogP contribution in [0.5, 0.6) is 0 Å². The van der Waals surface area contributed by atoms with Crippen LogP contribution in [0.3, 0.4) is 0 Å². The Labute approximate surface area is 365 Å². The second-order valence-corrected chi connectivity index (χ2v) is 24.7. The monoisotopic (exact) mass is 862 g/mol. The molecule has 2 saturated heterocycles. The molecule has 2 N–H and O–H groups in total. The molecule has 5 aromatic rings. The first kappa shape index (κ1) is 44.5. The smallest absolute Gasteiger partial charge is 0.410 e. The number of hydrogen-bond acceptors (Lipinski definition) is 9. The Morgan fingerprint density at radius 3 is 2.24 bits per heavy atom. The average molecular weight is 863 g/mol. The highest BCUT2D eigenvalue weighted by Gasteiger charge is 2.38. The molecular weight excluding hydrogens is 801 g/mol. The van der Waals surface area contributed by atoms with Gasteiger partial charge in [0.2, 0.25) is 5.91 Å². The predicted octanol–water partition coefficient (Wildman–Crippen LogP) is 9.58. The van der Waals surface area contributed by atoms with Crippen LogP contribution in [0.4, 0.5) is 9.59 Å². The van der Waals surface area contributed by atoms with Crippen molar-refractivity contribution in [3.63, 3.8) is 0 Å². The normalized spacial score (nSPS) is 17.5. The minimum absolute atomic E-state index is 0.106. The number of fused-ring (bicyclic) bond motifs is 1. The molecule has 3 unspecified atom stereocenters. The molecule has 0 saturated carbocycles. The van der Waals surface area contributed by atoms with Gasteiger partial charge in [-0.2, -0.15) is 0 Å². The van der Waals surface area contributed by atoms with Gasteiger partial charge in [-0.1, -0.05) is 69.9 Å². The number of carbonyl (C=O) groups excluding carboxylic acids is 3. The highest BCUT2D eigenvalue weighted by molar-refractivity contribution is 6.76. The van der Waals surface area contributed by atoms with Gasteiger partial charge in [0.25, 0.3) is 0 Å². The first-order valence-electron chi connectivity index (χ1n) is 21.8. The van der Waals surface area contributed by atoms with Gasteiger partial charge in [0.05, 0.1) is 48.5 Å². The summed E-state index contributed by atoms with van der Waals surface area (Å²) in [7, 11) is -0.00183. The van der Waals surface area contributed by atoms with E-state index >= 15 is 0 Å². The standard InChI is InChI=1S/C47H62N8O6Si/c1-30(2)41(52-45(57)59-6)44(56)53-20-10-12-38(53)42-49-27-37(51-42)32-16-14-31(15-17-32)35-24-33-18-19-34(25-36(33)48-26-35)40-28-50-43(55(40)29-60-22-23-62(7,8)9)39-13-11-21-54(39)46(58)61-47(3,4)5/h14-19,24-28,30,38-39,41H,10-13,20-23,29H2,1-9H3,(H,49,51)(H,52,57). The number of ether oxygens (including phenoxy) is 3. The number of likely N-dealkylation sites (tertiary alicyclic amines) is 2. The number of hydrogen-bond donors (Lipinski definition) is 2. The zero-order valence-electron chi connectivity index (χ0n) is 37.7. The van der Waals surface area contributed by atoms with Crippen LogP contribution in [-0.4, -0.2) is 98.9 Å². The first-order chi connectivity index (χ1) is 29.5. The van der Waals surface area contributed by atoms with E-state index in [0.29, 0.717) is 26.4 Å². The van der Waals surface area contributed by atoms with E-state index in [4.69, 9.17) is 29.2 Å². The lowest BCUT2D eigenvalue weighted by atomic mass is 10.0. The van der Waals surface area contributed by atoms with Gasteiger partial charge in [-0.05, 0) is 81.7 Å². The van der Waals surface area contributed by atoms with Crippen molar-refractivity contribution in [1.82, 2.24) is 39.6 Å². The van der Waals surface area contributed by atoms with E-state index < -0.39 is 25.8 Å². The topological polar surface area (TPSA) is 157 Å². The lowest BCUT2D eigenvalue weighted by Gasteiger charge is -2.30. The third-order valence-electron chi connectivity index (χ3n) is 11.6. The highest BCUT2D eigenvalue weighted by atomic mass is 28.3. The summed E-state index contributed by atoms with van der Waals surface area (Å²) in [6.45, 7) is 18.7. The summed E-state index contributed by atoms with van der Waals surface area (Å²) in [5.41, 5.74) is 6.01. The Bertz CT molecular complexity index is 2380. The summed E-state index contributed by atoms with van der Waals surface area (Å²) < 4.78 is 19.0. The van der Waals surface area contributed by atoms with E-state index in [1.807, 2.05) is 63.0 Å². The van der Waals surface area contributed by atoms with E-state index in [1.54, 1.807) is 0 Å². The van der Waals surface area contributed by atoms with Crippen molar-refractivity contribution in [1.29, 1.82) is 0 Å². The number of benzene rings is 2. The summed E-state index contributed by atoms with van der Waals surface area (Å²) >= 11 is 0. The average Bonchev–Trinajstić information content (AvgIpc) is 4.06. The number of alkyl carbamates (subject to hydrolysis) is 1. The summed E-state index contributed by atoms with van der Waals surface area (Å²) in [5, 5.41) is 3.72.